The molecule has 0 atom stereocenters. The molecule has 1 aromatic heterocycles. The van der Waals surface area contributed by atoms with Crippen molar-refractivity contribution in [3.05, 3.63) is 29.3 Å². The lowest BCUT2D eigenvalue weighted by atomic mass is 10.2. The van der Waals surface area contributed by atoms with E-state index in [9.17, 15) is 8.42 Å². The van der Waals surface area contributed by atoms with Crippen molar-refractivity contribution in [3.8, 4) is 5.75 Å². The number of thiazole rings is 1. The smallest absolute Gasteiger partial charge is 0.263 e. The highest BCUT2D eigenvalue weighted by Crippen LogP contribution is 2.33. The predicted molar refractivity (Wildman–Crippen MR) is 92.2 cm³/mol. The fourth-order valence-corrected chi connectivity index (χ4v) is 4.41. The largest absolute Gasteiger partial charge is 0.490 e. The van der Waals surface area contributed by atoms with Crippen LogP contribution < -0.4 is 14.4 Å². The summed E-state index contributed by atoms with van der Waals surface area (Å²) in [6.45, 7) is 5.37. The Morgan fingerprint density at radius 2 is 2.17 bits per heavy atom. The molecule has 1 aliphatic heterocycles. The van der Waals surface area contributed by atoms with E-state index in [1.165, 1.54) is 11.3 Å². The molecule has 0 saturated heterocycles. The number of sulfonamides is 1. The Labute approximate surface area is 140 Å². The van der Waals surface area contributed by atoms with Crippen molar-refractivity contribution in [3.63, 3.8) is 0 Å². The highest BCUT2D eigenvalue weighted by molar-refractivity contribution is 7.93. The molecule has 0 aliphatic carbocycles. The van der Waals surface area contributed by atoms with Gasteiger partial charge in [-0.05, 0) is 24.1 Å². The zero-order valence-corrected chi connectivity index (χ0v) is 14.9. The predicted octanol–water partition coefficient (Wildman–Crippen LogP) is 2.90. The van der Waals surface area contributed by atoms with Crippen molar-refractivity contribution in [1.82, 2.24) is 4.98 Å². The molecular formula is C15H19N3O3S2. The van der Waals surface area contributed by atoms with Crippen molar-refractivity contribution in [2.75, 3.05) is 29.8 Å². The minimum absolute atomic E-state index is 0.204. The first-order chi connectivity index (χ1) is 10.9. The summed E-state index contributed by atoms with van der Waals surface area (Å²) in [4.78, 5) is 6.50. The summed E-state index contributed by atoms with van der Waals surface area (Å²) in [7, 11) is -1.75. The second kappa shape index (κ2) is 6.01. The average Bonchev–Trinajstić information content (AvgIpc) is 2.95. The van der Waals surface area contributed by atoms with Crippen LogP contribution in [0.1, 0.15) is 25.5 Å². The molecule has 3 rings (SSSR count). The van der Waals surface area contributed by atoms with E-state index in [1.54, 1.807) is 18.2 Å². The molecule has 1 N–H and O–H groups in total. The molecular weight excluding hydrogens is 334 g/mol. The van der Waals surface area contributed by atoms with Gasteiger partial charge < -0.3 is 9.64 Å². The van der Waals surface area contributed by atoms with Gasteiger partial charge >= 0.3 is 0 Å². The van der Waals surface area contributed by atoms with Gasteiger partial charge in [-0.2, -0.15) is 0 Å². The summed E-state index contributed by atoms with van der Waals surface area (Å²) in [6.07, 6.45) is 0. The lowest BCUT2D eigenvalue weighted by Crippen LogP contribution is -2.29. The summed E-state index contributed by atoms with van der Waals surface area (Å²) in [5, 5.41) is 2.26. The fourth-order valence-electron chi connectivity index (χ4n) is 2.27. The summed E-state index contributed by atoms with van der Waals surface area (Å²) >= 11 is 1.29. The van der Waals surface area contributed by atoms with Gasteiger partial charge in [0.2, 0.25) is 0 Å². The highest BCUT2D eigenvalue weighted by Gasteiger charge is 2.21. The first-order valence-corrected chi connectivity index (χ1v) is 9.69. The van der Waals surface area contributed by atoms with E-state index in [0.717, 1.165) is 17.9 Å². The van der Waals surface area contributed by atoms with Crippen LogP contribution in [0.5, 0.6) is 5.75 Å². The van der Waals surface area contributed by atoms with E-state index < -0.39 is 10.0 Å². The maximum absolute atomic E-state index is 12.6. The summed E-state index contributed by atoms with van der Waals surface area (Å²) in [5.41, 5.74) is 1.66. The molecule has 1 aliphatic rings. The Balaban J connectivity index is 1.88. The molecule has 23 heavy (non-hydrogen) atoms. The average molecular weight is 353 g/mol. The summed E-state index contributed by atoms with van der Waals surface area (Å²) < 4.78 is 33.2. The second-order valence-electron chi connectivity index (χ2n) is 5.74. The Kier molecular flexibility index (Phi) is 4.20. The van der Waals surface area contributed by atoms with E-state index >= 15 is 0 Å². The van der Waals surface area contributed by atoms with Crippen LogP contribution in [0.2, 0.25) is 0 Å². The molecule has 0 radical (unpaired) electrons. The lowest BCUT2D eigenvalue weighted by Gasteiger charge is -2.27. The van der Waals surface area contributed by atoms with Crippen molar-refractivity contribution < 1.29 is 13.2 Å². The van der Waals surface area contributed by atoms with Gasteiger partial charge in [-0.25, -0.2) is 13.4 Å². The second-order valence-corrected chi connectivity index (χ2v) is 8.28. The number of rotatable bonds is 4. The van der Waals surface area contributed by atoms with E-state index in [1.807, 2.05) is 31.2 Å². The minimum atomic E-state index is -3.67. The van der Waals surface area contributed by atoms with E-state index in [4.69, 9.17) is 4.74 Å². The van der Waals surface area contributed by atoms with Gasteiger partial charge in [0.05, 0.1) is 22.8 Å². The quantitative estimate of drug-likeness (QED) is 0.915. The molecule has 0 saturated carbocycles. The van der Waals surface area contributed by atoms with Gasteiger partial charge in [-0.3, -0.25) is 4.72 Å². The molecule has 1 aromatic carbocycles. The first-order valence-electron chi connectivity index (χ1n) is 7.33. The van der Waals surface area contributed by atoms with Gasteiger partial charge in [0.25, 0.3) is 10.0 Å². The Morgan fingerprint density at radius 3 is 2.87 bits per heavy atom. The number of aromatic nitrogens is 1. The Hall–Kier alpha value is -1.80. The molecule has 124 valence electrons. The molecule has 0 spiro atoms. The van der Waals surface area contributed by atoms with Crippen LogP contribution in [0.3, 0.4) is 0 Å². The maximum atomic E-state index is 12.6. The molecule has 6 nitrogen and oxygen atoms in total. The third kappa shape index (κ3) is 3.28. The van der Waals surface area contributed by atoms with Crippen LogP contribution in [0.4, 0.5) is 10.8 Å². The molecule has 2 heterocycles. The van der Waals surface area contributed by atoms with E-state index in [0.29, 0.717) is 17.5 Å². The Morgan fingerprint density at radius 1 is 1.39 bits per heavy atom. The monoisotopic (exact) mass is 353 g/mol. The van der Waals surface area contributed by atoms with Crippen LogP contribution in [-0.4, -0.2) is 33.6 Å². The van der Waals surface area contributed by atoms with Gasteiger partial charge in [-0.1, -0.05) is 13.8 Å². The van der Waals surface area contributed by atoms with Crippen molar-refractivity contribution in [2.45, 2.75) is 24.7 Å². The zero-order valence-electron chi connectivity index (χ0n) is 13.2. The number of anilines is 2. The van der Waals surface area contributed by atoms with Crippen molar-refractivity contribution in [1.29, 1.82) is 0 Å². The van der Waals surface area contributed by atoms with Gasteiger partial charge in [0.1, 0.15) is 12.4 Å². The number of nitrogens with one attached hydrogen (secondary N) is 1. The third-order valence-electron chi connectivity index (χ3n) is 3.67. The fraction of sp³-hybridized carbons (Fsp3) is 0.400. The number of benzene rings is 1. The number of nitrogens with zero attached hydrogens (tertiary/aromatic N) is 2. The van der Waals surface area contributed by atoms with Gasteiger partial charge in [-0.15, -0.1) is 11.3 Å². The molecule has 2 aromatic rings. The first kappa shape index (κ1) is 16.1. The van der Waals surface area contributed by atoms with Crippen molar-refractivity contribution >= 4 is 32.2 Å². The molecule has 0 unspecified atom stereocenters. The lowest BCUT2D eigenvalue weighted by molar-refractivity contribution is 0.311. The van der Waals surface area contributed by atoms with Gasteiger partial charge in [0, 0.05) is 12.4 Å². The van der Waals surface area contributed by atoms with E-state index in [2.05, 4.69) is 9.71 Å². The van der Waals surface area contributed by atoms with E-state index in [-0.39, 0.29) is 10.8 Å². The van der Waals surface area contributed by atoms with Crippen LogP contribution in [0.25, 0.3) is 0 Å². The number of likely N-dealkylation sites (N-methyl/N-ethyl adjacent to an activating group) is 1. The zero-order chi connectivity index (χ0) is 16.6. The van der Waals surface area contributed by atoms with Crippen LogP contribution in [0.15, 0.2) is 28.5 Å². The topological polar surface area (TPSA) is 71.5 Å². The number of hydrogen-bond donors (Lipinski definition) is 1. The highest BCUT2D eigenvalue weighted by atomic mass is 32.2. The standard InChI is InChI=1S/C15H19N3O3S2/c1-10(2)12-9-22-15(16-12)17-23(19,20)11-4-5-14-13(8-11)18(3)6-7-21-14/h4-5,8-10H,6-7H2,1-3H3,(H,16,17). The number of hydrogen-bond acceptors (Lipinski definition) is 6. The normalized spacial score (nSPS) is 14.5. The molecule has 0 amide bonds. The summed E-state index contributed by atoms with van der Waals surface area (Å²) in [6, 6.07) is 4.88. The van der Waals surface area contributed by atoms with Crippen LogP contribution >= 0.6 is 11.3 Å². The maximum Gasteiger partial charge on any atom is 0.263 e. The molecule has 8 heteroatoms. The number of fused-ring (bicyclic) bond motifs is 1. The summed E-state index contributed by atoms with van der Waals surface area (Å²) in [5.74, 6) is 0.966. The van der Waals surface area contributed by atoms with Gasteiger partial charge in [0.15, 0.2) is 5.13 Å². The minimum Gasteiger partial charge on any atom is -0.490 e. The SMILES string of the molecule is CC(C)c1csc(NS(=O)(=O)c2ccc3c(c2)N(C)CCO3)n1. The Bertz CT molecular complexity index is 815. The van der Waals surface area contributed by atoms with Crippen LogP contribution in [0, 0.1) is 0 Å². The molecule has 0 fully saturated rings. The third-order valence-corrected chi connectivity index (χ3v) is 5.91. The van der Waals surface area contributed by atoms with Crippen LogP contribution in [-0.2, 0) is 10.0 Å². The molecule has 0 bridgehead atoms. The number of ether oxygens (including phenoxy) is 1. The van der Waals surface area contributed by atoms with Crippen molar-refractivity contribution in [2.24, 2.45) is 0 Å².